The molecule has 1 amide bonds. The van der Waals surface area contributed by atoms with Crippen molar-refractivity contribution in [1.82, 2.24) is 4.98 Å². The summed E-state index contributed by atoms with van der Waals surface area (Å²) in [5, 5.41) is 5.82. The van der Waals surface area contributed by atoms with Gasteiger partial charge in [0.25, 0.3) is 0 Å². The Bertz CT molecular complexity index is 558. The first-order chi connectivity index (χ1) is 9.79. The van der Waals surface area contributed by atoms with Crippen molar-refractivity contribution in [3.63, 3.8) is 0 Å². The molecule has 104 valence electrons. The lowest BCUT2D eigenvalue weighted by atomic mass is 10.3. The third-order valence-corrected chi connectivity index (χ3v) is 2.55. The van der Waals surface area contributed by atoms with Gasteiger partial charge < -0.3 is 15.4 Å². The van der Waals surface area contributed by atoms with Crippen LogP contribution in [0, 0.1) is 0 Å². The van der Waals surface area contributed by atoms with Gasteiger partial charge in [-0.2, -0.15) is 0 Å². The zero-order valence-corrected chi connectivity index (χ0v) is 11.3. The number of nitrogens with one attached hydrogen (secondary N) is 2. The van der Waals surface area contributed by atoms with Gasteiger partial charge >= 0.3 is 0 Å². The molecule has 0 atom stereocenters. The number of anilines is 2. The van der Waals surface area contributed by atoms with Gasteiger partial charge in [-0.15, -0.1) is 0 Å². The molecule has 1 heterocycles. The van der Waals surface area contributed by atoms with Crippen molar-refractivity contribution in [1.29, 1.82) is 0 Å². The Morgan fingerprint density at radius 1 is 1.20 bits per heavy atom. The maximum absolute atomic E-state index is 11.9. The van der Waals surface area contributed by atoms with Crippen molar-refractivity contribution >= 4 is 17.3 Å². The minimum absolute atomic E-state index is 0.150. The molecule has 0 aliphatic carbocycles. The lowest BCUT2D eigenvalue weighted by molar-refractivity contribution is -0.114. The topological polar surface area (TPSA) is 63.2 Å². The van der Waals surface area contributed by atoms with E-state index in [1.54, 1.807) is 18.3 Å². The molecule has 0 saturated heterocycles. The summed E-state index contributed by atoms with van der Waals surface area (Å²) in [6.45, 7) is 2.56. The van der Waals surface area contributed by atoms with Crippen molar-refractivity contribution < 1.29 is 9.53 Å². The van der Waals surface area contributed by atoms with Crippen molar-refractivity contribution in [3.8, 4) is 5.88 Å². The number of benzene rings is 1. The predicted molar refractivity (Wildman–Crippen MR) is 79.0 cm³/mol. The lowest BCUT2D eigenvalue weighted by Gasteiger charge is -2.10. The smallest absolute Gasteiger partial charge is 0.243 e. The molecule has 1 aromatic carbocycles. The summed E-state index contributed by atoms with van der Waals surface area (Å²) in [6.07, 6.45) is 1.63. The van der Waals surface area contributed by atoms with E-state index in [2.05, 4.69) is 15.6 Å². The summed E-state index contributed by atoms with van der Waals surface area (Å²) in [5.74, 6) is 0.283. The van der Waals surface area contributed by atoms with E-state index < -0.39 is 0 Å². The molecule has 0 fully saturated rings. The molecular formula is C15H17N3O2. The number of carbonyl (C=O) groups excluding carboxylic acids is 1. The van der Waals surface area contributed by atoms with Gasteiger partial charge in [-0.3, -0.25) is 4.79 Å². The van der Waals surface area contributed by atoms with Crippen LogP contribution in [0.15, 0.2) is 48.7 Å². The summed E-state index contributed by atoms with van der Waals surface area (Å²) in [6, 6.07) is 13.1. The van der Waals surface area contributed by atoms with Crippen LogP contribution in [-0.2, 0) is 4.79 Å². The van der Waals surface area contributed by atoms with Gasteiger partial charge in [0.2, 0.25) is 11.8 Å². The Balaban J connectivity index is 1.91. The zero-order chi connectivity index (χ0) is 14.2. The molecule has 0 radical (unpaired) electrons. The van der Waals surface area contributed by atoms with E-state index in [-0.39, 0.29) is 12.5 Å². The fraction of sp³-hybridized carbons (Fsp3) is 0.200. The molecule has 0 bridgehead atoms. The lowest BCUT2D eigenvalue weighted by Crippen LogP contribution is -2.22. The number of aromatic nitrogens is 1. The summed E-state index contributed by atoms with van der Waals surface area (Å²) in [4.78, 5) is 16.0. The maximum atomic E-state index is 11.9. The van der Waals surface area contributed by atoms with Crippen LogP contribution in [0.5, 0.6) is 5.88 Å². The Hall–Kier alpha value is -2.56. The number of amides is 1. The SMILES string of the molecule is CCOc1ncccc1NC(=O)CNc1ccccc1. The van der Waals surface area contributed by atoms with E-state index in [4.69, 9.17) is 4.74 Å². The highest BCUT2D eigenvalue weighted by molar-refractivity contribution is 5.94. The average molecular weight is 271 g/mol. The fourth-order valence-electron chi connectivity index (χ4n) is 1.67. The van der Waals surface area contributed by atoms with Crippen LogP contribution in [0.4, 0.5) is 11.4 Å². The summed E-state index contributed by atoms with van der Waals surface area (Å²) in [7, 11) is 0. The summed E-state index contributed by atoms with van der Waals surface area (Å²) < 4.78 is 5.35. The number of hydrogen-bond donors (Lipinski definition) is 2. The molecule has 5 nitrogen and oxygen atoms in total. The largest absolute Gasteiger partial charge is 0.476 e. The van der Waals surface area contributed by atoms with Crippen LogP contribution in [-0.4, -0.2) is 24.0 Å². The second-order valence-electron chi connectivity index (χ2n) is 4.06. The van der Waals surface area contributed by atoms with Crippen LogP contribution < -0.4 is 15.4 Å². The van der Waals surface area contributed by atoms with Gasteiger partial charge in [0.05, 0.1) is 13.2 Å². The van der Waals surface area contributed by atoms with E-state index >= 15 is 0 Å². The minimum atomic E-state index is -0.150. The minimum Gasteiger partial charge on any atom is -0.476 e. The molecule has 0 unspecified atom stereocenters. The van der Waals surface area contributed by atoms with Crippen LogP contribution in [0.25, 0.3) is 0 Å². The Morgan fingerprint density at radius 2 is 2.00 bits per heavy atom. The van der Waals surface area contributed by atoms with Gasteiger partial charge in [-0.1, -0.05) is 18.2 Å². The quantitative estimate of drug-likeness (QED) is 0.847. The molecule has 0 aliphatic heterocycles. The molecule has 2 rings (SSSR count). The predicted octanol–water partition coefficient (Wildman–Crippen LogP) is 2.53. The van der Waals surface area contributed by atoms with Gasteiger partial charge in [0, 0.05) is 11.9 Å². The number of hydrogen-bond acceptors (Lipinski definition) is 4. The van der Waals surface area contributed by atoms with E-state index in [0.29, 0.717) is 18.2 Å². The van der Waals surface area contributed by atoms with Gasteiger partial charge in [-0.25, -0.2) is 4.98 Å². The maximum Gasteiger partial charge on any atom is 0.243 e. The first-order valence-electron chi connectivity index (χ1n) is 6.46. The number of nitrogens with zero attached hydrogens (tertiary/aromatic N) is 1. The number of ether oxygens (including phenoxy) is 1. The molecule has 5 heteroatoms. The first-order valence-corrected chi connectivity index (χ1v) is 6.46. The zero-order valence-electron chi connectivity index (χ0n) is 11.3. The van der Waals surface area contributed by atoms with Crippen LogP contribution in [0.2, 0.25) is 0 Å². The Morgan fingerprint density at radius 3 is 2.75 bits per heavy atom. The van der Waals surface area contributed by atoms with Gasteiger partial charge in [-0.05, 0) is 31.2 Å². The molecule has 20 heavy (non-hydrogen) atoms. The molecule has 0 aliphatic rings. The van der Waals surface area contributed by atoms with Gasteiger partial charge in [0.15, 0.2) is 0 Å². The highest BCUT2D eigenvalue weighted by Gasteiger charge is 2.08. The molecule has 1 aromatic heterocycles. The normalized spacial score (nSPS) is 9.85. The molecule has 0 saturated carbocycles. The second kappa shape index (κ2) is 7.13. The van der Waals surface area contributed by atoms with E-state index in [0.717, 1.165) is 5.69 Å². The fourth-order valence-corrected chi connectivity index (χ4v) is 1.67. The highest BCUT2D eigenvalue weighted by Crippen LogP contribution is 2.20. The van der Waals surface area contributed by atoms with Crippen molar-refractivity contribution in [2.24, 2.45) is 0 Å². The third-order valence-electron chi connectivity index (χ3n) is 2.55. The van der Waals surface area contributed by atoms with Crippen LogP contribution in [0.3, 0.4) is 0 Å². The van der Waals surface area contributed by atoms with Crippen LogP contribution >= 0.6 is 0 Å². The van der Waals surface area contributed by atoms with E-state index in [9.17, 15) is 4.79 Å². The summed E-state index contributed by atoms with van der Waals surface area (Å²) >= 11 is 0. The number of pyridine rings is 1. The van der Waals surface area contributed by atoms with Crippen LogP contribution in [0.1, 0.15) is 6.92 Å². The van der Waals surface area contributed by atoms with Crippen molar-refractivity contribution in [2.75, 3.05) is 23.8 Å². The first kappa shape index (κ1) is 13.9. The molecular weight excluding hydrogens is 254 g/mol. The monoisotopic (exact) mass is 271 g/mol. The number of rotatable bonds is 6. The van der Waals surface area contributed by atoms with Gasteiger partial charge in [0.1, 0.15) is 5.69 Å². The average Bonchev–Trinajstić information content (AvgIpc) is 2.49. The standard InChI is InChI=1S/C15H17N3O2/c1-2-20-15-13(9-6-10-16-15)18-14(19)11-17-12-7-4-3-5-8-12/h3-10,17H,2,11H2,1H3,(H,18,19). The summed E-state index contributed by atoms with van der Waals surface area (Å²) in [5.41, 5.74) is 1.48. The third kappa shape index (κ3) is 3.98. The van der Waals surface area contributed by atoms with Crippen molar-refractivity contribution in [2.45, 2.75) is 6.92 Å². The van der Waals surface area contributed by atoms with Crippen molar-refractivity contribution in [3.05, 3.63) is 48.7 Å². The molecule has 2 aromatic rings. The number of para-hydroxylation sites is 1. The molecule has 0 spiro atoms. The Labute approximate surface area is 118 Å². The number of carbonyl (C=O) groups is 1. The highest BCUT2D eigenvalue weighted by atomic mass is 16.5. The van der Waals surface area contributed by atoms with E-state index in [1.165, 1.54) is 0 Å². The second-order valence-corrected chi connectivity index (χ2v) is 4.06. The molecule has 2 N–H and O–H groups in total. The Kier molecular flexibility index (Phi) is 4.94. The van der Waals surface area contributed by atoms with E-state index in [1.807, 2.05) is 37.3 Å².